The lowest BCUT2D eigenvalue weighted by molar-refractivity contribution is 0.0916. The maximum absolute atomic E-state index is 12.0. The molecule has 2 atom stereocenters. The number of aliphatic hydroxyl groups is 1. The van der Waals surface area contributed by atoms with Gasteiger partial charge in [0.25, 0.3) is 5.91 Å². The molecule has 1 amide bonds. The summed E-state index contributed by atoms with van der Waals surface area (Å²) in [5.74, 6) is -0.114. The van der Waals surface area contributed by atoms with E-state index in [1.165, 1.54) is 0 Å². The highest BCUT2D eigenvalue weighted by atomic mass is 16.3. The van der Waals surface area contributed by atoms with Crippen LogP contribution in [-0.4, -0.2) is 22.0 Å². The lowest BCUT2D eigenvalue weighted by Gasteiger charge is -2.18. The first kappa shape index (κ1) is 14.3. The molecule has 0 spiro atoms. The predicted octanol–water partition coefficient (Wildman–Crippen LogP) is 2.57. The summed E-state index contributed by atoms with van der Waals surface area (Å²) in [6.45, 7) is 3.75. The number of aliphatic hydroxyl groups excluding tert-OH is 1. The molecule has 0 unspecified atom stereocenters. The van der Waals surface area contributed by atoms with Crippen LogP contribution in [0, 0.1) is 6.92 Å². The molecule has 2 rings (SSSR count). The summed E-state index contributed by atoms with van der Waals surface area (Å²) in [7, 11) is 0. The highest BCUT2D eigenvalue weighted by Crippen LogP contribution is 2.18. The van der Waals surface area contributed by atoms with Crippen molar-refractivity contribution in [2.75, 3.05) is 0 Å². The minimum Gasteiger partial charge on any atom is -0.388 e. The molecule has 0 fully saturated rings. The zero-order valence-electron chi connectivity index (χ0n) is 11.8. The number of nitrogens with one attached hydrogen (secondary N) is 2. The Bertz CT molecular complexity index is 563. The van der Waals surface area contributed by atoms with Crippen molar-refractivity contribution in [2.24, 2.45) is 0 Å². The number of carbonyl (C=O) groups is 1. The molecule has 0 aliphatic heterocycles. The summed E-state index contributed by atoms with van der Waals surface area (Å²) in [5, 5.41) is 13.0. The summed E-state index contributed by atoms with van der Waals surface area (Å²) >= 11 is 0. The zero-order valence-corrected chi connectivity index (χ0v) is 11.8. The molecule has 4 nitrogen and oxygen atoms in total. The van der Waals surface area contributed by atoms with Gasteiger partial charge in [-0.25, -0.2) is 0 Å². The summed E-state index contributed by atoms with van der Waals surface area (Å²) < 4.78 is 0. The van der Waals surface area contributed by atoms with Gasteiger partial charge in [0, 0.05) is 17.9 Å². The van der Waals surface area contributed by atoms with Gasteiger partial charge >= 0.3 is 0 Å². The molecule has 1 aromatic heterocycles. The molecule has 20 heavy (non-hydrogen) atoms. The number of hydrogen-bond donors (Lipinski definition) is 3. The summed E-state index contributed by atoms with van der Waals surface area (Å²) in [5.41, 5.74) is 2.36. The molecular formula is C16H20N2O2. The Hall–Kier alpha value is -2.07. The standard InChI is InChI=1S/C16H20N2O2/c1-11(10-15(19)13-6-4-3-5-7-13)18-16(20)14-8-9-17-12(14)2/h3-9,11,15,17,19H,10H2,1-2H3,(H,18,20)/t11-,15+/m0/s1. The number of rotatable bonds is 5. The molecule has 0 saturated carbocycles. The molecule has 0 saturated heterocycles. The van der Waals surface area contributed by atoms with Crippen molar-refractivity contribution in [3.63, 3.8) is 0 Å². The van der Waals surface area contributed by atoms with Gasteiger partial charge in [-0.3, -0.25) is 4.79 Å². The van der Waals surface area contributed by atoms with Gasteiger partial charge in [0.05, 0.1) is 11.7 Å². The van der Waals surface area contributed by atoms with Gasteiger partial charge in [0.1, 0.15) is 0 Å². The van der Waals surface area contributed by atoms with Crippen molar-refractivity contribution in [1.82, 2.24) is 10.3 Å². The number of amides is 1. The molecule has 0 aliphatic rings. The minimum absolute atomic E-state index is 0.105. The normalized spacial score (nSPS) is 13.8. The third-order valence-electron chi connectivity index (χ3n) is 3.34. The Morgan fingerprint density at radius 1 is 1.30 bits per heavy atom. The molecule has 106 valence electrons. The molecule has 2 aromatic rings. The van der Waals surface area contributed by atoms with Crippen LogP contribution in [0.5, 0.6) is 0 Å². The van der Waals surface area contributed by atoms with Crippen molar-refractivity contribution < 1.29 is 9.90 Å². The fraction of sp³-hybridized carbons (Fsp3) is 0.312. The molecule has 0 radical (unpaired) electrons. The van der Waals surface area contributed by atoms with Gasteiger partial charge in [-0.2, -0.15) is 0 Å². The number of aryl methyl sites for hydroxylation is 1. The second-order valence-corrected chi connectivity index (χ2v) is 5.05. The minimum atomic E-state index is -0.571. The van der Waals surface area contributed by atoms with Crippen LogP contribution in [-0.2, 0) is 0 Å². The Morgan fingerprint density at radius 2 is 2.00 bits per heavy atom. The van der Waals surface area contributed by atoms with Crippen LogP contribution in [0.15, 0.2) is 42.6 Å². The lowest BCUT2D eigenvalue weighted by atomic mass is 10.0. The topological polar surface area (TPSA) is 65.1 Å². The summed E-state index contributed by atoms with van der Waals surface area (Å²) in [6, 6.07) is 11.1. The predicted molar refractivity (Wildman–Crippen MR) is 78.5 cm³/mol. The number of H-pyrrole nitrogens is 1. The van der Waals surface area contributed by atoms with E-state index >= 15 is 0 Å². The van der Waals surface area contributed by atoms with Crippen LogP contribution in [0.4, 0.5) is 0 Å². The molecule has 3 N–H and O–H groups in total. The first-order valence-corrected chi connectivity index (χ1v) is 6.75. The maximum atomic E-state index is 12.0. The number of hydrogen-bond acceptors (Lipinski definition) is 2. The fourth-order valence-corrected chi connectivity index (χ4v) is 2.21. The molecule has 1 aromatic carbocycles. The first-order valence-electron chi connectivity index (χ1n) is 6.75. The van der Waals surface area contributed by atoms with Crippen molar-refractivity contribution in [1.29, 1.82) is 0 Å². The third-order valence-corrected chi connectivity index (χ3v) is 3.34. The van der Waals surface area contributed by atoms with Crippen LogP contribution in [0.3, 0.4) is 0 Å². The summed E-state index contributed by atoms with van der Waals surface area (Å²) in [4.78, 5) is 15.0. The van der Waals surface area contributed by atoms with Gasteiger partial charge in [0.15, 0.2) is 0 Å². The average molecular weight is 272 g/mol. The lowest BCUT2D eigenvalue weighted by Crippen LogP contribution is -2.33. The quantitative estimate of drug-likeness (QED) is 0.783. The van der Waals surface area contributed by atoms with E-state index in [2.05, 4.69) is 10.3 Å². The fourth-order valence-electron chi connectivity index (χ4n) is 2.21. The number of aromatic amines is 1. The second kappa shape index (κ2) is 6.39. The average Bonchev–Trinajstić information content (AvgIpc) is 2.86. The van der Waals surface area contributed by atoms with E-state index in [1.807, 2.05) is 44.2 Å². The number of carbonyl (C=O) groups excluding carboxylic acids is 1. The van der Waals surface area contributed by atoms with E-state index in [9.17, 15) is 9.90 Å². The van der Waals surface area contributed by atoms with Crippen molar-refractivity contribution in [3.05, 3.63) is 59.4 Å². The molecule has 0 bridgehead atoms. The SMILES string of the molecule is Cc1[nH]ccc1C(=O)N[C@@H](C)C[C@@H](O)c1ccccc1. The monoisotopic (exact) mass is 272 g/mol. The second-order valence-electron chi connectivity index (χ2n) is 5.05. The zero-order chi connectivity index (χ0) is 14.5. The van der Waals surface area contributed by atoms with E-state index in [4.69, 9.17) is 0 Å². The van der Waals surface area contributed by atoms with Crippen LogP contribution in [0.1, 0.15) is 41.1 Å². The van der Waals surface area contributed by atoms with Crippen LogP contribution in [0.25, 0.3) is 0 Å². The van der Waals surface area contributed by atoms with E-state index in [0.717, 1.165) is 11.3 Å². The Balaban J connectivity index is 1.91. The smallest absolute Gasteiger partial charge is 0.253 e. The van der Waals surface area contributed by atoms with Gasteiger partial charge in [-0.05, 0) is 31.9 Å². The van der Waals surface area contributed by atoms with E-state index < -0.39 is 6.10 Å². The van der Waals surface area contributed by atoms with E-state index in [-0.39, 0.29) is 11.9 Å². The van der Waals surface area contributed by atoms with Crippen molar-refractivity contribution >= 4 is 5.91 Å². The first-order chi connectivity index (χ1) is 9.58. The Kier molecular flexibility index (Phi) is 4.58. The van der Waals surface area contributed by atoms with Crippen molar-refractivity contribution in [3.8, 4) is 0 Å². The molecular weight excluding hydrogens is 252 g/mol. The van der Waals surface area contributed by atoms with Crippen molar-refractivity contribution in [2.45, 2.75) is 32.4 Å². The van der Waals surface area contributed by atoms with Gasteiger partial charge in [-0.15, -0.1) is 0 Å². The highest BCUT2D eigenvalue weighted by Gasteiger charge is 2.16. The van der Waals surface area contributed by atoms with E-state index in [0.29, 0.717) is 12.0 Å². The van der Waals surface area contributed by atoms with Gasteiger partial charge in [0.2, 0.25) is 0 Å². The van der Waals surface area contributed by atoms with E-state index in [1.54, 1.807) is 12.3 Å². The molecule has 1 heterocycles. The number of benzene rings is 1. The van der Waals surface area contributed by atoms with Crippen LogP contribution >= 0.6 is 0 Å². The highest BCUT2D eigenvalue weighted by molar-refractivity contribution is 5.95. The molecule has 0 aliphatic carbocycles. The summed E-state index contributed by atoms with van der Waals surface area (Å²) in [6.07, 6.45) is 1.66. The largest absolute Gasteiger partial charge is 0.388 e. The molecule has 4 heteroatoms. The Labute approximate surface area is 118 Å². The Morgan fingerprint density at radius 3 is 2.60 bits per heavy atom. The third kappa shape index (κ3) is 3.48. The van der Waals surface area contributed by atoms with Gasteiger partial charge in [-0.1, -0.05) is 30.3 Å². The maximum Gasteiger partial charge on any atom is 0.253 e. The number of aromatic nitrogens is 1. The van der Waals surface area contributed by atoms with Gasteiger partial charge < -0.3 is 15.4 Å². The van der Waals surface area contributed by atoms with Crippen LogP contribution < -0.4 is 5.32 Å². The van der Waals surface area contributed by atoms with Crippen LogP contribution in [0.2, 0.25) is 0 Å².